The molecule has 0 radical (unpaired) electrons. The van der Waals surface area contributed by atoms with Crippen LogP contribution in [0.4, 0.5) is 5.69 Å². The maximum absolute atomic E-state index is 12.4. The number of aliphatic imine (C=N–C) groups is 1. The fraction of sp³-hybridized carbons (Fsp3) is 0.120. The molecule has 0 bridgehead atoms. The number of aromatic nitrogens is 3. The molecule has 4 N–H and O–H groups in total. The van der Waals surface area contributed by atoms with Crippen LogP contribution in [0.1, 0.15) is 18.2 Å². The standard InChI is InChI=1S/C25H23ClN6O/c1-15(25(33)30-14-24-21-12-19(26)4-6-23(21)31-32-24)7-8-28-16(2)9-17-3-5-22-18(10-17)11-20(27)13-29-22/h3-8,10-13H,2,9,14,27H2,1H3,(H,30,33)(H,31,32)/b15-7+,28-8?. The van der Waals surface area contributed by atoms with Crippen molar-refractivity contribution < 1.29 is 4.79 Å². The molecule has 4 aromatic rings. The Balaban J connectivity index is 1.33. The number of H-pyrrole nitrogens is 1. The molecular weight excluding hydrogens is 436 g/mol. The van der Waals surface area contributed by atoms with Crippen molar-refractivity contribution in [2.45, 2.75) is 19.9 Å². The van der Waals surface area contributed by atoms with E-state index in [1.54, 1.807) is 31.5 Å². The second-order valence-electron chi connectivity index (χ2n) is 7.71. The van der Waals surface area contributed by atoms with Crippen molar-refractivity contribution in [3.05, 3.63) is 88.9 Å². The summed E-state index contributed by atoms with van der Waals surface area (Å²) in [5, 5.41) is 12.5. The molecule has 0 saturated carbocycles. The van der Waals surface area contributed by atoms with E-state index in [1.807, 2.05) is 36.4 Å². The van der Waals surface area contributed by atoms with E-state index in [9.17, 15) is 4.79 Å². The Labute approximate surface area is 196 Å². The molecule has 0 atom stereocenters. The number of amides is 1. The first-order valence-electron chi connectivity index (χ1n) is 10.3. The van der Waals surface area contributed by atoms with E-state index in [1.165, 1.54) is 0 Å². The van der Waals surface area contributed by atoms with Crippen LogP contribution in [0.2, 0.25) is 5.02 Å². The maximum atomic E-state index is 12.4. The van der Waals surface area contributed by atoms with E-state index in [-0.39, 0.29) is 5.91 Å². The average molecular weight is 459 g/mol. The van der Waals surface area contributed by atoms with Gasteiger partial charge in [0.2, 0.25) is 5.91 Å². The number of benzene rings is 2. The first-order valence-corrected chi connectivity index (χ1v) is 10.7. The van der Waals surface area contributed by atoms with E-state index in [4.69, 9.17) is 17.3 Å². The van der Waals surface area contributed by atoms with Crippen LogP contribution < -0.4 is 11.1 Å². The van der Waals surface area contributed by atoms with Gasteiger partial charge in [0, 0.05) is 39.7 Å². The predicted octanol–water partition coefficient (Wildman–Crippen LogP) is 4.74. The lowest BCUT2D eigenvalue weighted by Crippen LogP contribution is -2.23. The number of nitrogens with zero attached hydrogens (tertiary/aromatic N) is 3. The van der Waals surface area contributed by atoms with Crippen LogP contribution in [0, 0.1) is 0 Å². The predicted molar refractivity (Wildman–Crippen MR) is 134 cm³/mol. The van der Waals surface area contributed by atoms with Crippen molar-refractivity contribution >= 4 is 51.2 Å². The summed E-state index contributed by atoms with van der Waals surface area (Å²) >= 11 is 6.06. The molecule has 2 aromatic heterocycles. The minimum Gasteiger partial charge on any atom is -0.397 e. The van der Waals surface area contributed by atoms with E-state index < -0.39 is 0 Å². The minimum atomic E-state index is -0.198. The lowest BCUT2D eigenvalue weighted by Gasteiger charge is -2.05. The zero-order valence-corrected chi connectivity index (χ0v) is 18.9. The zero-order chi connectivity index (χ0) is 23.4. The molecule has 7 nitrogen and oxygen atoms in total. The maximum Gasteiger partial charge on any atom is 0.247 e. The molecule has 33 heavy (non-hydrogen) atoms. The van der Waals surface area contributed by atoms with Crippen LogP contribution in [0.5, 0.6) is 0 Å². The molecule has 2 heterocycles. The Hall–Kier alpha value is -3.97. The molecule has 0 saturated heterocycles. The summed E-state index contributed by atoms with van der Waals surface area (Å²) in [6.45, 7) is 6.05. The fourth-order valence-corrected chi connectivity index (χ4v) is 3.57. The smallest absolute Gasteiger partial charge is 0.247 e. The van der Waals surface area contributed by atoms with Gasteiger partial charge in [-0.05, 0) is 55.0 Å². The first-order chi connectivity index (χ1) is 15.9. The number of anilines is 1. The Morgan fingerprint density at radius 2 is 2.06 bits per heavy atom. The molecule has 166 valence electrons. The number of hydrogen-bond donors (Lipinski definition) is 3. The van der Waals surface area contributed by atoms with Crippen LogP contribution in [0.3, 0.4) is 0 Å². The highest BCUT2D eigenvalue weighted by molar-refractivity contribution is 6.31. The van der Waals surface area contributed by atoms with Gasteiger partial charge in [0.25, 0.3) is 0 Å². The summed E-state index contributed by atoms with van der Waals surface area (Å²) in [4.78, 5) is 21.1. The molecule has 0 aliphatic rings. The highest BCUT2D eigenvalue weighted by atomic mass is 35.5. The van der Waals surface area contributed by atoms with Gasteiger partial charge in [0.15, 0.2) is 0 Å². The van der Waals surface area contributed by atoms with Gasteiger partial charge in [0.1, 0.15) is 0 Å². The molecular formula is C25H23ClN6O. The third kappa shape index (κ3) is 5.45. The summed E-state index contributed by atoms with van der Waals surface area (Å²) in [5.41, 5.74) is 11.2. The van der Waals surface area contributed by atoms with Gasteiger partial charge in [-0.1, -0.05) is 24.2 Å². The number of allylic oxidation sites excluding steroid dienone is 2. The van der Waals surface area contributed by atoms with Gasteiger partial charge in [0.05, 0.1) is 35.2 Å². The van der Waals surface area contributed by atoms with Gasteiger partial charge in [-0.3, -0.25) is 19.9 Å². The lowest BCUT2D eigenvalue weighted by molar-refractivity contribution is -0.117. The Morgan fingerprint density at radius 1 is 1.24 bits per heavy atom. The number of halogens is 1. The van der Waals surface area contributed by atoms with Crippen molar-refractivity contribution in [3.63, 3.8) is 0 Å². The number of aromatic amines is 1. The highest BCUT2D eigenvalue weighted by Crippen LogP contribution is 2.21. The number of nitrogens with one attached hydrogen (secondary N) is 2. The van der Waals surface area contributed by atoms with Crippen LogP contribution in [-0.4, -0.2) is 27.3 Å². The quantitative estimate of drug-likeness (QED) is 0.274. The Bertz CT molecular complexity index is 1420. The average Bonchev–Trinajstić information content (AvgIpc) is 3.19. The fourth-order valence-electron chi connectivity index (χ4n) is 3.40. The number of nitrogens with two attached hydrogens (primary N) is 1. The second kappa shape index (κ2) is 9.67. The molecule has 8 heteroatoms. The number of carbonyl (C=O) groups is 1. The topological polar surface area (TPSA) is 109 Å². The van der Waals surface area contributed by atoms with Gasteiger partial charge in [-0.15, -0.1) is 0 Å². The molecule has 4 rings (SSSR count). The third-order valence-electron chi connectivity index (χ3n) is 5.14. The van der Waals surface area contributed by atoms with Crippen molar-refractivity contribution in [1.82, 2.24) is 20.5 Å². The molecule has 0 aliphatic heterocycles. The van der Waals surface area contributed by atoms with Crippen LogP contribution in [0.25, 0.3) is 21.8 Å². The van der Waals surface area contributed by atoms with Gasteiger partial charge >= 0.3 is 0 Å². The van der Waals surface area contributed by atoms with Gasteiger partial charge in [-0.25, -0.2) is 0 Å². The molecule has 2 aromatic carbocycles. The zero-order valence-electron chi connectivity index (χ0n) is 18.1. The highest BCUT2D eigenvalue weighted by Gasteiger charge is 2.09. The van der Waals surface area contributed by atoms with Crippen molar-refractivity contribution in [1.29, 1.82) is 0 Å². The van der Waals surface area contributed by atoms with Crippen molar-refractivity contribution in [3.8, 4) is 0 Å². The Kier molecular flexibility index (Phi) is 6.51. The number of rotatable bonds is 7. The van der Waals surface area contributed by atoms with Crippen LogP contribution >= 0.6 is 11.6 Å². The monoisotopic (exact) mass is 458 g/mol. The van der Waals surface area contributed by atoms with Gasteiger partial charge in [-0.2, -0.15) is 5.10 Å². The summed E-state index contributed by atoms with van der Waals surface area (Å²) < 4.78 is 0. The number of pyridine rings is 1. The van der Waals surface area contributed by atoms with Crippen LogP contribution in [0.15, 0.2) is 77.6 Å². The number of carbonyl (C=O) groups excluding carboxylic acids is 1. The summed E-state index contributed by atoms with van der Waals surface area (Å²) in [6.07, 6.45) is 5.47. The first kappa shape index (κ1) is 22.2. The van der Waals surface area contributed by atoms with Crippen molar-refractivity contribution in [2.75, 3.05) is 5.73 Å². The normalized spacial score (nSPS) is 12.0. The molecule has 1 amide bonds. The van der Waals surface area contributed by atoms with Gasteiger partial charge < -0.3 is 11.1 Å². The second-order valence-corrected chi connectivity index (χ2v) is 8.15. The number of nitrogen functional groups attached to an aromatic ring is 1. The van der Waals surface area contributed by atoms with Crippen molar-refractivity contribution in [2.24, 2.45) is 4.99 Å². The van der Waals surface area contributed by atoms with Crippen LogP contribution in [-0.2, 0) is 17.8 Å². The van der Waals surface area contributed by atoms with E-state index >= 15 is 0 Å². The minimum absolute atomic E-state index is 0.198. The summed E-state index contributed by atoms with van der Waals surface area (Å²) in [5.74, 6) is -0.198. The summed E-state index contributed by atoms with van der Waals surface area (Å²) in [6, 6.07) is 13.3. The van der Waals surface area contributed by atoms with E-state index in [0.717, 1.165) is 33.1 Å². The largest absolute Gasteiger partial charge is 0.397 e. The van der Waals surface area contributed by atoms with E-state index in [0.29, 0.717) is 34.9 Å². The Morgan fingerprint density at radius 3 is 2.91 bits per heavy atom. The number of hydrogen-bond acceptors (Lipinski definition) is 5. The van der Waals surface area contributed by atoms with E-state index in [2.05, 4.69) is 32.1 Å². The molecule has 0 spiro atoms. The number of fused-ring (bicyclic) bond motifs is 2. The lowest BCUT2D eigenvalue weighted by atomic mass is 10.1. The molecule has 0 unspecified atom stereocenters. The molecule has 0 aliphatic carbocycles. The SMILES string of the molecule is C=C(Cc1ccc2ncc(N)cc2c1)N=C/C=C(\C)C(=O)NCc1[nH]nc2ccc(Cl)cc12. The third-order valence-corrected chi connectivity index (χ3v) is 5.37. The summed E-state index contributed by atoms with van der Waals surface area (Å²) in [7, 11) is 0. The molecule has 0 fully saturated rings.